The smallest absolute Gasteiger partial charge is 0.256 e. The number of anilines is 1. The molecule has 2 aliphatic heterocycles. The van der Waals surface area contributed by atoms with Gasteiger partial charge >= 0.3 is 0 Å². The van der Waals surface area contributed by atoms with Gasteiger partial charge in [0.15, 0.2) is 0 Å². The second-order valence-electron chi connectivity index (χ2n) is 7.21. The lowest BCUT2D eigenvalue weighted by Gasteiger charge is -2.20. The molecule has 0 aromatic heterocycles. The highest BCUT2D eigenvalue weighted by atomic mass is 16.2. The number of likely N-dealkylation sites (tertiary alicyclic amines) is 2. The maximum Gasteiger partial charge on any atom is 0.256 e. The maximum absolute atomic E-state index is 12.8. The van der Waals surface area contributed by atoms with Gasteiger partial charge in [-0.2, -0.15) is 0 Å². The first-order valence-corrected chi connectivity index (χ1v) is 9.73. The van der Waals surface area contributed by atoms with Crippen LogP contribution in [0.25, 0.3) is 0 Å². The van der Waals surface area contributed by atoms with Crippen molar-refractivity contribution in [1.82, 2.24) is 15.1 Å². The van der Waals surface area contributed by atoms with E-state index in [1.54, 1.807) is 4.90 Å². The van der Waals surface area contributed by atoms with Crippen molar-refractivity contribution in [2.24, 2.45) is 0 Å². The predicted molar refractivity (Wildman–Crippen MR) is 104 cm³/mol. The molecule has 0 aliphatic carbocycles. The largest absolute Gasteiger partial charge is 0.376 e. The van der Waals surface area contributed by atoms with Crippen LogP contribution in [0.4, 0.5) is 5.69 Å². The van der Waals surface area contributed by atoms with Crippen molar-refractivity contribution >= 4 is 23.4 Å². The average Bonchev–Trinajstić information content (AvgIpc) is 3.37. The standard InChI is InChI=1S/C20H28N4O3/c1-15-7-6-8-16(19(15)20(27)24-11-4-5-12-24)21-13-17(25)22-14-18(26)23-9-2-3-10-23/h6-8,21H,2-5,9-14H2,1H3,(H,22,25). The normalized spacial score (nSPS) is 16.5. The number of amides is 3. The first-order valence-electron chi connectivity index (χ1n) is 9.73. The predicted octanol–water partition coefficient (Wildman–Crippen LogP) is 1.38. The first kappa shape index (κ1) is 19.2. The summed E-state index contributed by atoms with van der Waals surface area (Å²) in [5.41, 5.74) is 2.18. The van der Waals surface area contributed by atoms with E-state index in [2.05, 4.69) is 10.6 Å². The molecule has 0 unspecified atom stereocenters. The molecule has 2 aliphatic rings. The third kappa shape index (κ3) is 4.78. The minimum Gasteiger partial charge on any atom is -0.376 e. The fourth-order valence-electron chi connectivity index (χ4n) is 3.67. The molecule has 7 nitrogen and oxygen atoms in total. The van der Waals surface area contributed by atoms with Gasteiger partial charge in [0.25, 0.3) is 5.91 Å². The summed E-state index contributed by atoms with van der Waals surface area (Å²) in [6.07, 6.45) is 4.13. The zero-order chi connectivity index (χ0) is 19.2. The topological polar surface area (TPSA) is 81.8 Å². The van der Waals surface area contributed by atoms with Gasteiger partial charge in [0.05, 0.1) is 18.7 Å². The number of hydrogen-bond acceptors (Lipinski definition) is 4. The molecule has 2 N–H and O–H groups in total. The van der Waals surface area contributed by atoms with Crippen LogP contribution in [0.15, 0.2) is 18.2 Å². The van der Waals surface area contributed by atoms with Gasteiger partial charge in [-0.05, 0) is 44.2 Å². The van der Waals surface area contributed by atoms with Crippen LogP contribution in [0.2, 0.25) is 0 Å². The van der Waals surface area contributed by atoms with Crippen molar-refractivity contribution in [3.63, 3.8) is 0 Å². The van der Waals surface area contributed by atoms with E-state index in [9.17, 15) is 14.4 Å². The number of nitrogens with zero attached hydrogens (tertiary/aromatic N) is 2. The quantitative estimate of drug-likeness (QED) is 0.790. The fraction of sp³-hybridized carbons (Fsp3) is 0.550. The molecular formula is C20H28N4O3. The molecule has 0 radical (unpaired) electrons. The van der Waals surface area contributed by atoms with Crippen molar-refractivity contribution in [2.45, 2.75) is 32.6 Å². The van der Waals surface area contributed by atoms with Crippen molar-refractivity contribution in [3.8, 4) is 0 Å². The summed E-state index contributed by atoms with van der Waals surface area (Å²) in [6.45, 7) is 5.07. The van der Waals surface area contributed by atoms with Crippen molar-refractivity contribution in [3.05, 3.63) is 29.3 Å². The first-order chi connectivity index (χ1) is 13.1. The van der Waals surface area contributed by atoms with Crippen LogP contribution in [-0.4, -0.2) is 66.8 Å². The Morgan fingerprint density at radius 1 is 0.926 bits per heavy atom. The van der Waals surface area contributed by atoms with E-state index in [-0.39, 0.29) is 30.8 Å². The number of carbonyl (C=O) groups is 3. The molecular weight excluding hydrogens is 344 g/mol. The van der Waals surface area contributed by atoms with Crippen molar-refractivity contribution < 1.29 is 14.4 Å². The van der Waals surface area contributed by atoms with Gasteiger partial charge in [-0.25, -0.2) is 0 Å². The summed E-state index contributed by atoms with van der Waals surface area (Å²) in [7, 11) is 0. The van der Waals surface area contributed by atoms with Crippen LogP contribution in [0.3, 0.4) is 0 Å². The summed E-state index contributed by atoms with van der Waals surface area (Å²) in [5.74, 6) is -0.289. The highest BCUT2D eigenvalue weighted by Crippen LogP contribution is 2.23. The van der Waals surface area contributed by atoms with Crippen molar-refractivity contribution in [2.75, 3.05) is 44.6 Å². The highest BCUT2D eigenvalue weighted by Gasteiger charge is 2.23. The number of rotatable bonds is 6. The van der Waals surface area contributed by atoms with Gasteiger partial charge in [-0.1, -0.05) is 12.1 Å². The van der Waals surface area contributed by atoms with Gasteiger partial charge in [0.1, 0.15) is 0 Å². The molecule has 7 heteroatoms. The number of carbonyl (C=O) groups excluding carboxylic acids is 3. The number of aryl methyl sites for hydroxylation is 1. The van der Waals surface area contributed by atoms with Gasteiger partial charge < -0.3 is 20.4 Å². The van der Waals surface area contributed by atoms with E-state index in [4.69, 9.17) is 0 Å². The van der Waals surface area contributed by atoms with Gasteiger partial charge in [0, 0.05) is 31.9 Å². The lowest BCUT2D eigenvalue weighted by atomic mass is 10.0. The summed E-state index contributed by atoms with van der Waals surface area (Å²) in [4.78, 5) is 40.6. The summed E-state index contributed by atoms with van der Waals surface area (Å²) >= 11 is 0. The minimum absolute atomic E-state index is 0.0118. The van der Waals surface area contributed by atoms with Gasteiger partial charge in [-0.15, -0.1) is 0 Å². The van der Waals surface area contributed by atoms with Gasteiger partial charge in [0.2, 0.25) is 11.8 Å². The summed E-state index contributed by atoms with van der Waals surface area (Å²) in [6, 6.07) is 5.59. The molecule has 1 aromatic carbocycles. The molecule has 0 atom stereocenters. The Kier molecular flexibility index (Phi) is 6.32. The lowest BCUT2D eigenvalue weighted by molar-refractivity contribution is -0.131. The fourth-order valence-corrected chi connectivity index (χ4v) is 3.67. The number of hydrogen-bond donors (Lipinski definition) is 2. The molecule has 27 heavy (non-hydrogen) atoms. The van der Waals surface area contributed by atoms with Crippen LogP contribution >= 0.6 is 0 Å². The number of benzene rings is 1. The Morgan fingerprint density at radius 3 is 2.22 bits per heavy atom. The van der Waals surface area contributed by atoms with Crippen molar-refractivity contribution in [1.29, 1.82) is 0 Å². The van der Waals surface area contributed by atoms with E-state index < -0.39 is 0 Å². The average molecular weight is 372 g/mol. The molecule has 3 rings (SSSR count). The van der Waals surface area contributed by atoms with E-state index in [1.807, 2.05) is 30.0 Å². The van der Waals surface area contributed by atoms with Crippen LogP contribution in [0.5, 0.6) is 0 Å². The zero-order valence-corrected chi connectivity index (χ0v) is 15.9. The Balaban J connectivity index is 1.55. The summed E-state index contributed by atoms with van der Waals surface area (Å²) < 4.78 is 0. The molecule has 0 spiro atoms. The number of nitrogens with one attached hydrogen (secondary N) is 2. The molecule has 2 saturated heterocycles. The molecule has 0 saturated carbocycles. The third-order valence-electron chi connectivity index (χ3n) is 5.21. The molecule has 1 aromatic rings. The van der Waals surface area contributed by atoms with E-state index in [1.165, 1.54) is 0 Å². The molecule has 0 bridgehead atoms. The molecule has 3 amide bonds. The Labute approximate surface area is 160 Å². The van der Waals surface area contributed by atoms with E-state index in [0.29, 0.717) is 11.3 Å². The lowest BCUT2D eigenvalue weighted by Crippen LogP contribution is -2.40. The van der Waals surface area contributed by atoms with Crippen LogP contribution in [0.1, 0.15) is 41.6 Å². The molecule has 2 heterocycles. The second-order valence-corrected chi connectivity index (χ2v) is 7.21. The molecule has 2 fully saturated rings. The monoisotopic (exact) mass is 372 g/mol. The zero-order valence-electron chi connectivity index (χ0n) is 15.9. The maximum atomic E-state index is 12.8. The SMILES string of the molecule is Cc1cccc(NCC(=O)NCC(=O)N2CCCC2)c1C(=O)N1CCCC1. The minimum atomic E-state index is -0.261. The van der Waals surface area contributed by atoms with E-state index >= 15 is 0 Å². The van der Waals surface area contributed by atoms with Crippen LogP contribution in [-0.2, 0) is 9.59 Å². The third-order valence-corrected chi connectivity index (χ3v) is 5.21. The van der Waals surface area contributed by atoms with Crippen LogP contribution < -0.4 is 10.6 Å². The second kappa shape index (κ2) is 8.88. The Hall–Kier alpha value is -2.57. The Morgan fingerprint density at radius 2 is 1.56 bits per heavy atom. The summed E-state index contributed by atoms with van der Waals surface area (Å²) in [5, 5.41) is 5.73. The van der Waals surface area contributed by atoms with Crippen LogP contribution in [0, 0.1) is 6.92 Å². The Bertz CT molecular complexity index is 707. The van der Waals surface area contributed by atoms with E-state index in [0.717, 1.165) is 57.4 Å². The molecule has 146 valence electrons. The van der Waals surface area contributed by atoms with Gasteiger partial charge in [-0.3, -0.25) is 14.4 Å². The highest BCUT2D eigenvalue weighted by molar-refractivity contribution is 6.01.